The Morgan fingerprint density at radius 2 is 1.70 bits per heavy atom. The van der Waals surface area contributed by atoms with Crippen molar-refractivity contribution in [3.63, 3.8) is 0 Å². The van der Waals surface area contributed by atoms with Crippen molar-refractivity contribution in [1.82, 2.24) is 4.57 Å². The molecule has 5 nitrogen and oxygen atoms in total. The Balaban J connectivity index is 1.93. The SMILES string of the molecule is COc1ccccc1NC(=O)C(=O)c1cc(C)n(-c2ccccc2F)c1C. The normalized spacial score (nSPS) is 10.5. The molecule has 0 spiro atoms. The molecular weight excluding hydrogens is 347 g/mol. The smallest absolute Gasteiger partial charge is 0.296 e. The number of hydrogen-bond donors (Lipinski definition) is 1. The number of hydrogen-bond acceptors (Lipinski definition) is 3. The van der Waals surface area contributed by atoms with Crippen LogP contribution in [0.25, 0.3) is 5.69 Å². The first-order chi connectivity index (χ1) is 12.9. The Morgan fingerprint density at radius 1 is 1.04 bits per heavy atom. The maximum Gasteiger partial charge on any atom is 0.296 e. The fourth-order valence-electron chi connectivity index (χ4n) is 3.05. The molecule has 0 atom stereocenters. The molecular formula is C21H19FN2O3. The van der Waals surface area contributed by atoms with E-state index in [0.717, 1.165) is 0 Å². The van der Waals surface area contributed by atoms with E-state index in [9.17, 15) is 14.0 Å². The van der Waals surface area contributed by atoms with E-state index in [0.29, 0.717) is 28.5 Å². The lowest BCUT2D eigenvalue weighted by Gasteiger charge is -2.11. The van der Waals surface area contributed by atoms with Crippen LogP contribution in [0.5, 0.6) is 5.75 Å². The van der Waals surface area contributed by atoms with Gasteiger partial charge in [0.05, 0.1) is 18.5 Å². The molecule has 1 heterocycles. The van der Waals surface area contributed by atoms with E-state index < -0.39 is 17.5 Å². The lowest BCUT2D eigenvalue weighted by molar-refractivity contribution is -0.112. The van der Waals surface area contributed by atoms with E-state index in [4.69, 9.17) is 4.74 Å². The van der Waals surface area contributed by atoms with Gasteiger partial charge in [0.2, 0.25) is 0 Å². The van der Waals surface area contributed by atoms with Gasteiger partial charge in [-0.15, -0.1) is 0 Å². The number of methoxy groups -OCH3 is 1. The number of Topliss-reactive ketones (excluding diaryl/α,β-unsaturated/α-hetero) is 1. The quantitative estimate of drug-likeness (QED) is 0.547. The van der Waals surface area contributed by atoms with E-state index >= 15 is 0 Å². The van der Waals surface area contributed by atoms with Gasteiger partial charge < -0.3 is 14.6 Å². The number of para-hydroxylation sites is 3. The van der Waals surface area contributed by atoms with Gasteiger partial charge in [-0.3, -0.25) is 9.59 Å². The number of nitrogens with one attached hydrogen (secondary N) is 1. The summed E-state index contributed by atoms with van der Waals surface area (Å²) in [4.78, 5) is 25.1. The maximum absolute atomic E-state index is 14.2. The molecule has 0 saturated carbocycles. The topological polar surface area (TPSA) is 60.3 Å². The van der Waals surface area contributed by atoms with E-state index in [1.807, 2.05) is 0 Å². The molecule has 3 rings (SSSR count). The monoisotopic (exact) mass is 366 g/mol. The van der Waals surface area contributed by atoms with Gasteiger partial charge in [-0.05, 0) is 44.2 Å². The van der Waals surface area contributed by atoms with Crippen molar-refractivity contribution in [2.75, 3.05) is 12.4 Å². The number of aromatic nitrogens is 1. The molecule has 1 amide bonds. The highest BCUT2D eigenvalue weighted by Gasteiger charge is 2.24. The molecule has 0 bridgehead atoms. The van der Waals surface area contributed by atoms with Crippen LogP contribution in [0.1, 0.15) is 21.7 Å². The molecule has 2 aromatic carbocycles. The van der Waals surface area contributed by atoms with E-state index in [1.165, 1.54) is 13.2 Å². The second-order valence-corrected chi connectivity index (χ2v) is 6.06. The van der Waals surface area contributed by atoms with Crippen LogP contribution in [-0.2, 0) is 4.79 Å². The van der Waals surface area contributed by atoms with Gasteiger partial charge in [-0.25, -0.2) is 4.39 Å². The highest BCUT2D eigenvalue weighted by Crippen LogP contribution is 2.25. The number of carbonyl (C=O) groups excluding carboxylic acids is 2. The summed E-state index contributed by atoms with van der Waals surface area (Å²) in [7, 11) is 1.48. The van der Waals surface area contributed by atoms with Gasteiger partial charge in [-0.1, -0.05) is 24.3 Å². The Hall–Kier alpha value is -3.41. The van der Waals surface area contributed by atoms with Gasteiger partial charge in [0.15, 0.2) is 0 Å². The Bertz CT molecular complexity index is 1020. The van der Waals surface area contributed by atoms with Crippen LogP contribution in [0.15, 0.2) is 54.6 Å². The van der Waals surface area contributed by atoms with Crippen LogP contribution in [0, 0.1) is 19.7 Å². The second-order valence-electron chi connectivity index (χ2n) is 6.06. The number of ketones is 1. The number of carbonyl (C=O) groups is 2. The van der Waals surface area contributed by atoms with Gasteiger partial charge in [0.1, 0.15) is 11.6 Å². The van der Waals surface area contributed by atoms with Gasteiger partial charge >= 0.3 is 0 Å². The zero-order valence-corrected chi connectivity index (χ0v) is 15.2. The van der Waals surface area contributed by atoms with Gasteiger partial charge in [0, 0.05) is 17.0 Å². The minimum Gasteiger partial charge on any atom is -0.495 e. The molecule has 1 N–H and O–H groups in total. The molecule has 3 aromatic rings. The first-order valence-corrected chi connectivity index (χ1v) is 8.36. The first kappa shape index (κ1) is 18.4. The lowest BCUT2D eigenvalue weighted by atomic mass is 10.1. The predicted octanol–water partition coefficient (Wildman–Crippen LogP) is 4.06. The molecule has 0 aliphatic carbocycles. The van der Waals surface area contributed by atoms with Crippen molar-refractivity contribution in [2.45, 2.75) is 13.8 Å². The van der Waals surface area contributed by atoms with Crippen LogP contribution >= 0.6 is 0 Å². The van der Waals surface area contributed by atoms with Gasteiger partial charge in [-0.2, -0.15) is 0 Å². The summed E-state index contributed by atoms with van der Waals surface area (Å²) in [5, 5.41) is 2.57. The molecule has 0 fully saturated rings. The molecule has 0 aliphatic heterocycles. The lowest BCUT2D eigenvalue weighted by Crippen LogP contribution is -2.23. The molecule has 6 heteroatoms. The zero-order chi connectivity index (χ0) is 19.6. The molecule has 27 heavy (non-hydrogen) atoms. The van der Waals surface area contributed by atoms with Crippen molar-refractivity contribution in [2.24, 2.45) is 0 Å². The number of benzene rings is 2. The summed E-state index contributed by atoms with van der Waals surface area (Å²) in [6, 6.07) is 14.7. The fraction of sp³-hybridized carbons (Fsp3) is 0.143. The van der Waals surface area contributed by atoms with Crippen LogP contribution < -0.4 is 10.1 Å². The van der Waals surface area contributed by atoms with Crippen LogP contribution in [0.4, 0.5) is 10.1 Å². The zero-order valence-electron chi connectivity index (χ0n) is 15.2. The number of anilines is 1. The van der Waals surface area contributed by atoms with Crippen molar-refractivity contribution in [3.05, 3.63) is 77.4 Å². The van der Waals surface area contributed by atoms with E-state index in [1.54, 1.807) is 66.9 Å². The maximum atomic E-state index is 14.2. The molecule has 0 saturated heterocycles. The number of amides is 1. The summed E-state index contributed by atoms with van der Waals surface area (Å²) in [5.74, 6) is -1.43. The standard InChI is InChI=1S/C21H19FN2O3/c1-13-12-15(14(2)24(13)18-10-6-4-8-16(18)22)20(25)21(26)23-17-9-5-7-11-19(17)27-3/h4-12H,1-3H3,(H,23,26). The third kappa shape index (κ3) is 3.46. The summed E-state index contributed by atoms with van der Waals surface area (Å²) in [6.07, 6.45) is 0. The fourth-order valence-corrected chi connectivity index (χ4v) is 3.05. The summed E-state index contributed by atoms with van der Waals surface area (Å²) in [6.45, 7) is 3.44. The molecule has 0 radical (unpaired) electrons. The second kappa shape index (κ2) is 7.45. The summed E-state index contributed by atoms with van der Waals surface area (Å²) in [5.41, 5.74) is 2.12. The summed E-state index contributed by atoms with van der Waals surface area (Å²) >= 11 is 0. The van der Waals surface area contributed by atoms with Crippen molar-refractivity contribution < 1.29 is 18.7 Å². The van der Waals surface area contributed by atoms with Crippen molar-refractivity contribution in [3.8, 4) is 11.4 Å². The minimum absolute atomic E-state index is 0.225. The first-order valence-electron chi connectivity index (χ1n) is 8.36. The number of aryl methyl sites for hydroxylation is 1. The molecule has 1 aromatic heterocycles. The van der Waals surface area contributed by atoms with Crippen LogP contribution in [-0.4, -0.2) is 23.4 Å². The predicted molar refractivity (Wildman–Crippen MR) is 101 cm³/mol. The summed E-state index contributed by atoms with van der Waals surface area (Å²) < 4.78 is 21.0. The minimum atomic E-state index is -0.784. The third-order valence-electron chi connectivity index (χ3n) is 4.33. The highest BCUT2D eigenvalue weighted by atomic mass is 19.1. The number of nitrogens with zero attached hydrogens (tertiary/aromatic N) is 1. The van der Waals surface area contributed by atoms with E-state index in [2.05, 4.69) is 5.32 Å². The average molecular weight is 366 g/mol. The van der Waals surface area contributed by atoms with Crippen molar-refractivity contribution in [1.29, 1.82) is 0 Å². The number of ether oxygens (including phenoxy) is 1. The molecule has 0 aliphatic rings. The average Bonchev–Trinajstić information content (AvgIpc) is 2.96. The number of halogens is 1. The van der Waals surface area contributed by atoms with Crippen LogP contribution in [0.3, 0.4) is 0 Å². The Kier molecular flexibility index (Phi) is 5.07. The van der Waals surface area contributed by atoms with Crippen molar-refractivity contribution >= 4 is 17.4 Å². The van der Waals surface area contributed by atoms with E-state index in [-0.39, 0.29) is 5.56 Å². The molecule has 0 unspecified atom stereocenters. The Morgan fingerprint density at radius 3 is 2.41 bits per heavy atom. The highest BCUT2D eigenvalue weighted by molar-refractivity contribution is 6.47. The third-order valence-corrected chi connectivity index (χ3v) is 4.33. The Labute approximate surface area is 156 Å². The largest absolute Gasteiger partial charge is 0.495 e. The molecule has 138 valence electrons. The van der Waals surface area contributed by atoms with Gasteiger partial charge in [0.25, 0.3) is 11.7 Å². The van der Waals surface area contributed by atoms with Crippen LogP contribution in [0.2, 0.25) is 0 Å². The number of rotatable bonds is 5.